The summed E-state index contributed by atoms with van der Waals surface area (Å²) in [4.78, 5) is 18.3. The van der Waals surface area contributed by atoms with Gasteiger partial charge in [-0.05, 0) is 52.3 Å². The Hall–Kier alpha value is -2.28. The van der Waals surface area contributed by atoms with E-state index in [1.807, 2.05) is 24.3 Å². The molecule has 0 atom stereocenters. The van der Waals surface area contributed by atoms with Crippen LogP contribution in [0, 0.1) is 0 Å². The quantitative estimate of drug-likeness (QED) is 0.455. The van der Waals surface area contributed by atoms with E-state index in [4.69, 9.17) is 0 Å². The summed E-state index contributed by atoms with van der Waals surface area (Å²) < 4.78 is 4.58. The maximum absolute atomic E-state index is 11.2. The van der Waals surface area contributed by atoms with Gasteiger partial charge in [0.1, 0.15) is 0 Å². The maximum atomic E-state index is 11.2. The van der Waals surface area contributed by atoms with Crippen molar-refractivity contribution in [3.8, 4) is 0 Å². The minimum Gasteiger partial charge on any atom is -0.453 e. The van der Waals surface area contributed by atoms with Gasteiger partial charge in [-0.2, -0.15) is 0 Å². The third-order valence-corrected chi connectivity index (χ3v) is 4.14. The number of guanidine groups is 1. The number of carbonyl (C=O) groups excluding carboxylic acids is 1. The zero-order chi connectivity index (χ0) is 20.2. The summed E-state index contributed by atoms with van der Waals surface area (Å²) in [5, 5.41) is 9.31. The molecule has 1 rings (SSSR count). The van der Waals surface area contributed by atoms with Gasteiger partial charge >= 0.3 is 6.09 Å². The van der Waals surface area contributed by atoms with Gasteiger partial charge < -0.3 is 15.4 Å². The molecule has 0 aliphatic rings. The van der Waals surface area contributed by atoms with Gasteiger partial charge in [0, 0.05) is 37.4 Å². The van der Waals surface area contributed by atoms with E-state index >= 15 is 0 Å². The van der Waals surface area contributed by atoms with Crippen molar-refractivity contribution in [3.63, 3.8) is 0 Å². The Labute approximate surface area is 163 Å². The second-order valence-electron chi connectivity index (χ2n) is 6.86. The van der Waals surface area contributed by atoms with Crippen LogP contribution in [-0.2, 0) is 11.3 Å². The molecule has 0 unspecified atom stereocenters. The topological polar surface area (TPSA) is 78.0 Å². The fourth-order valence-electron chi connectivity index (χ4n) is 2.79. The number of amides is 1. The van der Waals surface area contributed by atoms with E-state index in [2.05, 4.69) is 65.2 Å². The van der Waals surface area contributed by atoms with E-state index < -0.39 is 6.09 Å². The van der Waals surface area contributed by atoms with Crippen LogP contribution in [0.25, 0.3) is 0 Å². The van der Waals surface area contributed by atoms with E-state index in [0.29, 0.717) is 24.3 Å². The van der Waals surface area contributed by atoms with Crippen LogP contribution in [0.1, 0.15) is 40.2 Å². The molecular formula is C20H35N5O2. The van der Waals surface area contributed by atoms with Crippen molar-refractivity contribution in [1.29, 1.82) is 0 Å². The predicted molar refractivity (Wildman–Crippen MR) is 112 cm³/mol. The highest BCUT2D eigenvalue weighted by atomic mass is 16.5. The molecule has 0 spiro atoms. The molecule has 1 aromatic rings. The number of hydrogen-bond acceptors (Lipinski definition) is 4. The Morgan fingerprint density at radius 3 is 2.26 bits per heavy atom. The van der Waals surface area contributed by atoms with Crippen molar-refractivity contribution in [3.05, 3.63) is 29.8 Å². The molecule has 27 heavy (non-hydrogen) atoms. The number of aliphatic imine (C=N–C) groups is 1. The molecule has 7 heteroatoms. The number of nitrogens with one attached hydrogen (secondary N) is 3. The van der Waals surface area contributed by atoms with Gasteiger partial charge in [-0.3, -0.25) is 10.2 Å². The number of rotatable bonds is 9. The van der Waals surface area contributed by atoms with Gasteiger partial charge in [-0.25, -0.2) is 9.79 Å². The molecule has 0 saturated heterocycles. The third-order valence-electron chi connectivity index (χ3n) is 4.14. The predicted octanol–water partition coefficient (Wildman–Crippen LogP) is 3.04. The van der Waals surface area contributed by atoms with Crippen LogP contribution in [0.3, 0.4) is 0 Å². The van der Waals surface area contributed by atoms with Gasteiger partial charge in [-0.15, -0.1) is 0 Å². The average Bonchev–Trinajstić information content (AvgIpc) is 2.63. The van der Waals surface area contributed by atoms with Crippen molar-refractivity contribution in [1.82, 2.24) is 15.5 Å². The molecule has 0 aliphatic carbocycles. The van der Waals surface area contributed by atoms with E-state index in [0.717, 1.165) is 31.2 Å². The zero-order valence-corrected chi connectivity index (χ0v) is 17.5. The first kappa shape index (κ1) is 22.8. The molecule has 3 N–H and O–H groups in total. The number of ether oxygens (including phenoxy) is 1. The van der Waals surface area contributed by atoms with Crippen molar-refractivity contribution >= 4 is 17.7 Å². The number of benzene rings is 1. The Balaban J connectivity index is 2.58. The van der Waals surface area contributed by atoms with Crippen LogP contribution in [0.15, 0.2) is 29.3 Å². The average molecular weight is 378 g/mol. The lowest BCUT2D eigenvalue weighted by Gasteiger charge is -2.30. The zero-order valence-electron chi connectivity index (χ0n) is 17.5. The second-order valence-corrected chi connectivity index (χ2v) is 6.86. The molecule has 7 nitrogen and oxygen atoms in total. The lowest BCUT2D eigenvalue weighted by Crippen LogP contribution is -2.45. The molecule has 0 fully saturated rings. The molecular weight excluding hydrogens is 342 g/mol. The first-order valence-electron chi connectivity index (χ1n) is 9.59. The van der Waals surface area contributed by atoms with Gasteiger partial charge in [0.05, 0.1) is 13.7 Å². The first-order chi connectivity index (χ1) is 12.9. The molecule has 0 aromatic heterocycles. The largest absolute Gasteiger partial charge is 0.453 e. The minimum absolute atomic E-state index is 0.476. The van der Waals surface area contributed by atoms with E-state index in [-0.39, 0.29) is 0 Å². The smallest absolute Gasteiger partial charge is 0.411 e. The van der Waals surface area contributed by atoms with Gasteiger partial charge in [0.15, 0.2) is 5.96 Å². The highest BCUT2D eigenvalue weighted by Crippen LogP contribution is 2.10. The molecule has 1 aromatic carbocycles. The fourth-order valence-corrected chi connectivity index (χ4v) is 2.79. The Bertz CT molecular complexity index is 577. The summed E-state index contributed by atoms with van der Waals surface area (Å²) >= 11 is 0. The van der Waals surface area contributed by atoms with Gasteiger partial charge in [0.25, 0.3) is 0 Å². The standard InChI is InChI=1S/C20H35N5O2/c1-7-21-19(22-12-13-25(15(2)3)16(4)5)23-14-17-8-10-18(11-9-17)24-20(26)27-6/h8-11,15-16H,7,12-14H2,1-6H3,(H,24,26)(H2,21,22,23). The van der Waals surface area contributed by atoms with Gasteiger partial charge in [0.2, 0.25) is 0 Å². The van der Waals surface area contributed by atoms with E-state index in [1.165, 1.54) is 7.11 Å². The van der Waals surface area contributed by atoms with Crippen LogP contribution >= 0.6 is 0 Å². The Kier molecular flexibility index (Phi) is 10.3. The highest BCUT2D eigenvalue weighted by molar-refractivity contribution is 5.84. The Morgan fingerprint density at radius 2 is 1.74 bits per heavy atom. The summed E-state index contributed by atoms with van der Waals surface area (Å²) in [7, 11) is 1.34. The Morgan fingerprint density at radius 1 is 1.11 bits per heavy atom. The highest BCUT2D eigenvalue weighted by Gasteiger charge is 2.12. The molecule has 0 aliphatic heterocycles. The van der Waals surface area contributed by atoms with Crippen LogP contribution < -0.4 is 16.0 Å². The van der Waals surface area contributed by atoms with Crippen LogP contribution in [0.4, 0.5) is 10.5 Å². The van der Waals surface area contributed by atoms with E-state index in [9.17, 15) is 4.79 Å². The SMILES string of the molecule is CCNC(=NCc1ccc(NC(=O)OC)cc1)NCCN(C(C)C)C(C)C. The summed E-state index contributed by atoms with van der Waals surface area (Å²) in [5.74, 6) is 0.807. The summed E-state index contributed by atoms with van der Waals surface area (Å²) in [6.07, 6.45) is -0.476. The molecule has 1 amide bonds. The van der Waals surface area contributed by atoms with E-state index in [1.54, 1.807) is 0 Å². The third kappa shape index (κ3) is 8.77. The van der Waals surface area contributed by atoms with Gasteiger partial charge in [-0.1, -0.05) is 12.1 Å². The molecule has 0 radical (unpaired) electrons. The number of carbonyl (C=O) groups is 1. The lowest BCUT2D eigenvalue weighted by atomic mass is 10.2. The molecule has 152 valence electrons. The van der Waals surface area contributed by atoms with Crippen LogP contribution in [0.5, 0.6) is 0 Å². The van der Waals surface area contributed by atoms with Crippen LogP contribution in [-0.4, -0.2) is 55.8 Å². The first-order valence-corrected chi connectivity index (χ1v) is 9.59. The van der Waals surface area contributed by atoms with Crippen molar-refractivity contribution in [2.75, 3.05) is 32.1 Å². The number of methoxy groups -OCH3 is 1. The maximum Gasteiger partial charge on any atom is 0.411 e. The lowest BCUT2D eigenvalue weighted by molar-refractivity contribution is 0.178. The second kappa shape index (κ2) is 12.2. The summed E-state index contributed by atoms with van der Waals surface area (Å²) in [5.41, 5.74) is 1.76. The minimum atomic E-state index is -0.476. The number of anilines is 1. The summed E-state index contributed by atoms with van der Waals surface area (Å²) in [6, 6.07) is 8.60. The molecule has 0 saturated carbocycles. The van der Waals surface area contributed by atoms with Crippen molar-refractivity contribution < 1.29 is 9.53 Å². The summed E-state index contributed by atoms with van der Waals surface area (Å²) in [6.45, 7) is 14.1. The number of hydrogen-bond donors (Lipinski definition) is 3. The van der Waals surface area contributed by atoms with Crippen LogP contribution in [0.2, 0.25) is 0 Å². The number of nitrogens with zero attached hydrogens (tertiary/aromatic N) is 2. The normalized spacial score (nSPS) is 11.8. The molecule has 0 bridgehead atoms. The molecule has 0 heterocycles. The fraction of sp³-hybridized carbons (Fsp3) is 0.600. The van der Waals surface area contributed by atoms with Crippen molar-refractivity contribution in [2.45, 2.75) is 53.2 Å². The monoisotopic (exact) mass is 377 g/mol. The van der Waals surface area contributed by atoms with Crippen molar-refractivity contribution in [2.24, 2.45) is 4.99 Å².